The summed E-state index contributed by atoms with van der Waals surface area (Å²) in [6.45, 7) is 4.33. The molecule has 116 valence electrons. The Morgan fingerprint density at radius 1 is 1.19 bits per heavy atom. The summed E-state index contributed by atoms with van der Waals surface area (Å²) in [5, 5.41) is 11.6. The Kier molecular flexibility index (Phi) is 6.68. The fraction of sp³-hybridized carbons (Fsp3) is 0.467. The summed E-state index contributed by atoms with van der Waals surface area (Å²) in [4.78, 5) is 16.3. The molecule has 1 amide bonds. The smallest absolute Gasteiger partial charge is 0.253 e. The van der Waals surface area contributed by atoms with Gasteiger partial charge in [-0.15, -0.1) is 0 Å². The van der Waals surface area contributed by atoms with E-state index in [-0.39, 0.29) is 11.7 Å². The summed E-state index contributed by atoms with van der Waals surface area (Å²) in [7, 11) is 4.04. The number of rotatable bonds is 7. The van der Waals surface area contributed by atoms with Crippen LogP contribution in [0, 0.1) is 0 Å². The number of hydrogen-bond donors (Lipinski definition) is 2. The van der Waals surface area contributed by atoms with Gasteiger partial charge in [0.1, 0.15) is 0 Å². The van der Waals surface area contributed by atoms with Gasteiger partial charge in [0.2, 0.25) is 0 Å². The van der Waals surface area contributed by atoms with Gasteiger partial charge in [0, 0.05) is 24.2 Å². The van der Waals surface area contributed by atoms with Crippen molar-refractivity contribution in [2.45, 2.75) is 13.3 Å². The minimum absolute atomic E-state index is 0.00214. The Balaban J connectivity index is 2.71. The topological polar surface area (TPSA) is 82.2 Å². The molecule has 0 fully saturated rings. The molecule has 1 aromatic rings. The van der Waals surface area contributed by atoms with Gasteiger partial charge in [-0.3, -0.25) is 4.79 Å². The molecule has 0 bridgehead atoms. The number of benzene rings is 1. The Morgan fingerprint density at radius 3 is 2.24 bits per heavy atom. The number of nitrogens with two attached hydrogens (primary N) is 1. The zero-order valence-corrected chi connectivity index (χ0v) is 12.9. The third-order valence-corrected chi connectivity index (χ3v) is 3.24. The molecule has 0 aromatic heterocycles. The Labute approximate surface area is 125 Å². The maximum Gasteiger partial charge on any atom is 0.253 e. The van der Waals surface area contributed by atoms with Gasteiger partial charge in [-0.25, -0.2) is 0 Å². The zero-order valence-electron chi connectivity index (χ0n) is 12.9. The number of nitrogens with zero attached hydrogens (tertiary/aromatic N) is 3. The number of amidine groups is 1. The molecule has 1 aromatic carbocycles. The van der Waals surface area contributed by atoms with Crippen molar-refractivity contribution in [1.29, 1.82) is 0 Å². The first-order valence-electron chi connectivity index (χ1n) is 7.01. The van der Waals surface area contributed by atoms with E-state index in [4.69, 9.17) is 10.9 Å². The molecule has 0 spiro atoms. The second-order valence-corrected chi connectivity index (χ2v) is 5.10. The van der Waals surface area contributed by atoms with Crippen molar-refractivity contribution in [3.05, 3.63) is 35.4 Å². The molecule has 3 N–H and O–H groups in total. The van der Waals surface area contributed by atoms with Crippen LogP contribution in [0.5, 0.6) is 0 Å². The van der Waals surface area contributed by atoms with Crippen LogP contribution in [0.2, 0.25) is 0 Å². The third kappa shape index (κ3) is 5.07. The summed E-state index contributed by atoms with van der Waals surface area (Å²) in [6.07, 6.45) is 0.939. The molecule has 0 aliphatic rings. The average Bonchev–Trinajstić information content (AvgIpc) is 2.50. The lowest BCUT2D eigenvalue weighted by Crippen LogP contribution is -2.33. The summed E-state index contributed by atoms with van der Waals surface area (Å²) < 4.78 is 0. The molecule has 0 heterocycles. The van der Waals surface area contributed by atoms with E-state index in [9.17, 15) is 4.79 Å². The van der Waals surface area contributed by atoms with Gasteiger partial charge in [0.05, 0.1) is 0 Å². The van der Waals surface area contributed by atoms with E-state index in [1.807, 2.05) is 25.9 Å². The number of oxime groups is 1. The predicted octanol–water partition coefficient (Wildman–Crippen LogP) is 1.19. The van der Waals surface area contributed by atoms with Crippen LogP contribution in [0.1, 0.15) is 29.3 Å². The molecule has 0 radical (unpaired) electrons. The quantitative estimate of drug-likeness (QED) is 0.342. The Hall–Kier alpha value is -2.08. The first-order chi connectivity index (χ1) is 9.99. The van der Waals surface area contributed by atoms with Crippen molar-refractivity contribution in [2.75, 3.05) is 33.7 Å². The SMILES string of the molecule is CCN(CCCN(C)C)C(=O)c1ccc(/C(N)=N/O)cc1. The van der Waals surface area contributed by atoms with Crippen LogP contribution in [0.25, 0.3) is 0 Å². The Bertz CT molecular complexity index is 483. The van der Waals surface area contributed by atoms with Gasteiger partial charge in [-0.2, -0.15) is 0 Å². The molecule has 0 saturated heterocycles. The number of carbonyl (C=O) groups excluding carboxylic acids is 1. The standard InChI is InChI=1S/C15H24N4O2/c1-4-19(11-5-10-18(2)3)15(20)13-8-6-12(7-9-13)14(16)17-21/h6-9,21H,4-5,10-11H2,1-3H3,(H2,16,17). The monoisotopic (exact) mass is 292 g/mol. The fourth-order valence-electron chi connectivity index (χ4n) is 2.00. The molecule has 1 rings (SSSR count). The van der Waals surface area contributed by atoms with Crippen molar-refractivity contribution in [2.24, 2.45) is 10.9 Å². The minimum Gasteiger partial charge on any atom is -0.409 e. The van der Waals surface area contributed by atoms with Crippen molar-refractivity contribution in [1.82, 2.24) is 9.80 Å². The summed E-state index contributed by atoms with van der Waals surface area (Å²) in [6, 6.07) is 6.75. The lowest BCUT2D eigenvalue weighted by atomic mass is 10.1. The summed E-state index contributed by atoms with van der Waals surface area (Å²) >= 11 is 0. The lowest BCUT2D eigenvalue weighted by molar-refractivity contribution is 0.0759. The first kappa shape index (κ1) is 17.0. The predicted molar refractivity (Wildman–Crippen MR) is 83.7 cm³/mol. The van der Waals surface area contributed by atoms with Crippen molar-refractivity contribution in [3.63, 3.8) is 0 Å². The van der Waals surface area contributed by atoms with Crippen LogP contribution in [0.4, 0.5) is 0 Å². The molecular weight excluding hydrogens is 268 g/mol. The average molecular weight is 292 g/mol. The van der Waals surface area contributed by atoms with Gasteiger partial charge < -0.3 is 20.7 Å². The fourth-order valence-corrected chi connectivity index (χ4v) is 2.00. The van der Waals surface area contributed by atoms with Crippen LogP contribution in [-0.2, 0) is 0 Å². The van der Waals surface area contributed by atoms with E-state index < -0.39 is 0 Å². The number of amides is 1. The molecular formula is C15H24N4O2. The molecule has 6 heteroatoms. The maximum atomic E-state index is 12.4. The highest BCUT2D eigenvalue weighted by Crippen LogP contribution is 2.08. The van der Waals surface area contributed by atoms with E-state index in [2.05, 4.69) is 10.1 Å². The van der Waals surface area contributed by atoms with Crippen molar-refractivity contribution >= 4 is 11.7 Å². The summed E-state index contributed by atoms with van der Waals surface area (Å²) in [5.74, 6) is 0.0367. The molecule has 0 unspecified atom stereocenters. The van der Waals surface area contributed by atoms with Gasteiger partial charge in [0.25, 0.3) is 5.91 Å². The van der Waals surface area contributed by atoms with Gasteiger partial charge in [-0.1, -0.05) is 17.3 Å². The second-order valence-electron chi connectivity index (χ2n) is 5.10. The highest BCUT2D eigenvalue weighted by atomic mass is 16.4. The molecule has 0 saturated carbocycles. The van der Waals surface area contributed by atoms with E-state index in [1.54, 1.807) is 24.3 Å². The van der Waals surface area contributed by atoms with E-state index >= 15 is 0 Å². The van der Waals surface area contributed by atoms with Crippen molar-refractivity contribution in [3.8, 4) is 0 Å². The lowest BCUT2D eigenvalue weighted by Gasteiger charge is -2.22. The summed E-state index contributed by atoms with van der Waals surface area (Å²) in [5.41, 5.74) is 6.70. The van der Waals surface area contributed by atoms with Crippen molar-refractivity contribution < 1.29 is 10.0 Å². The highest BCUT2D eigenvalue weighted by molar-refractivity contribution is 5.99. The zero-order chi connectivity index (χ0) is 15.8. The van der Waals surface area contributed by atoms with Crippen LogP contribution < -0.4 is 5.73 Å². The van der Waals surface area contributed by atoms with E-state index in [1.165, 1.54) is 0 Å². The van der Waals surface area contributed by atoms with E-state index in [0.717, 1.165) is 19.5 Å². The normalized spacial score (nSPS) is 11.7. The first-order valence-corrected chi connectivity index (χ1v) is 7.01. The van der Waals surface area contributed by atoms with Crippen LogP contribution in [0.15, 0.2) is 29.4 Å². The van der Waals surface area contributed by atoms with Gasteiger partial charge in [0.15, 0.2) is 5.84 Å². The van der Waals surface area contributed by atoms with Crippen LogP contribution in [-0.4, -0.2) is 60.5 Å². The molecule has 0 aliphatic heterocycles. The molecule has 0 aliphatic carbocycles. The number of carbonyl (C=O) groups is 1. The van der Waals surface area contributed by atoms with E-state index in [0.29, 0.717) is 17.7 Å². The number of hydrogen-bond acceptors (Lipinski definition) is 4. The largest absolute Gasteiger partial charge is 0.409 e. The minimum atomic E-state index is 0.00214. The highest BCUT2D eigenvalue weighted by Gasteiger charge is 2.14. The van der Waals surface area contributed by atoms with Gasteiger partial charge in [-0.05, 0) is 46.1 Å². The molecule has 21 heavy (non-hydrogen) atoms. The van der Waals surface area contributed by atoms with Crippen LogP contribution in [0.3, 0.4) is 0 Å². The molecule has 0 atom stereocenters. The van der Waals surface area contributed by atoms with Crippen LogP contribution >= 0.6 is 0 Å². The third-order valence-electron chi connectivity index (χ3n) is 3.24. The molecule has 6 nitrogen and oxygen atoms in total. The Morgan fingerprint density at radius 2 is 1.76 bits per heavy atom. The second kappa shape index (κ2) is 8.26. The maximum absolute atomic E-state index is 12.4. The van der Waals surface area contributed by atoms with Gasteiger partial charge >= 0.3 is 0 Å².